The van der Waals surface area contributed by atoms with Crippen LogP contribution in [0.3, 0.4) is 0 Å². The highest BCUT2D eigenvalue weighted by Gasteiger charge is 2.33. The van der Waals surface area contributed by atoms with E-state index in [-0.39, 0.29) is 31.1 Å². The molecule has 3 aromatic carbocycles. The third-order valence-electron chi connectivity index (χ3n) is 5.02. The second-order valence-electron chi connectivity index (χ2n) is 7.18. The van der Waals surface area contributed by atoms with Crippen LogP contribution in [-0.4, -0.2) is 29.8 Å². The number of alkyl halides is 3. The summed E-state index contributed by atoms with van der Waals surface area (Å²) in [6, 6.07) is 18.7. The molecule has 0 unspecified atom stereocenters. The number of fused-ring (bicyclic) bond motifs is 1. The van der Waals surface area contributed by atoms with Gasteiger partial charge in [-0.2, -0.15) is 13.2 Å². The minimum absolute atomic E-state index is 0.207. The van der Waals surface area contributed by atoms with E-state index in [0.29, 0.717) is 6.42 Å². The van der Waals surface area contributed by atoms with Crippen LogP contribution in [0.4, 0.5) is 18.9 Å². The van der Waals surface area contributed by atoms with Gasteiger partial charge in [-0.1, -0.05) is 54.6 Å². The predicted molar refractivity (Wildman–Crippen MR) is 115 cm³/mol. The van der Waals surface area contributed by atoms with Crippen LogP contribution in [0.2, 0.25) is 0 Å². The van der Waals surface area contributed by atoms with Gasteiger partial charge in [0.25, 0.3) is 0 Å². The van der Waals surface area contributed by atoms with Gasteiger partial charge >= 0.3 is 6.18 Å². The minimum atomic E-state index is -4.58. The van der Waals surface area contributed by atoms with Crippen molar-refractivity contribution in [3.05, 3.63) is 77.9 Å². The number of carbonyl (C=O) groups excluding carboxylic acids is 2. The molecule has 0 aliphatic rings. The van der Waals surface area contributed by atoms with Gasteiger partial charge in [0.05, 0.1) is 17.8 Å². The molecule has 3 aromatic rings. The van der Waals surface area contributed by atoms with Crippen molar-refractivity contribution in [1.82, 2.24) is 4.90 Å². The lowest BCUT2D eigenvalue weighted by molar-refractivity contribution is -0.137. The molecule has 0 aliphatic heterocycles. The molecule has 0 saturated heterocycles. The van der Waals surface area contributed by atoms with Crippen LogP contribution < -0.4 is 5.32 Å². The molecule has 0 fully saturated rings. The van der Waals surface area contributed by atoms with E-state index in [0.717, 1.165) is 22.4 Å². The number of hydrogen-bond acceptors (Lipinski definition) is 2. The van der Waals surface area contributed by atoms with E-state index >= 15 is 0 Å². The number of halogens is 3. The lowest BCUT2D eigenvalue weighted by atomic mass is 10.0. The SMILES string of the molecule is CCN(CC(=O)Nc1ccccc1C(F)(F)F)C(=O)CCc1ccc2ccccc2c1. The fraction of sp³-hybridized carbons (Fsp3) is 0.250. The Kier molecular flexibility index (Phi) is 6.95. The van der Waals surface area contributed by atoms with Crippen LogP contribution in [0.15, 0.2) is 66.7 Å². The first-order valence-corrected chi connectivity index (χ1v) is 9.99. The van der Waals surface area contributed by atoms with Gasteiger partial charge in [-0.05, 0) is 41.8 Å². The largest absolute Gasteiger partial charge is 0.418 e. The first-order chi connectivity index (χ1) is 14.8. The second-order valence-corrected chi connectivity index (χ2v) is 7.18. The van der Waals surface area contributed by atoms with E-state index in [1.165, 1.54) is 23.1 Å². The summed E-state index contributed by atoms with van der Waals surface area (Å²) in [4.78, 5) is 26.2. The van der Waals surface area contributed by atoms with Crippen molar-refractivity contribution in [3.8, 4) is 0 Å². The topological polar surface area (TPSA) is 49.4 Å². The zero-order valence-electron chi connectivity index (χ0n) is 17.1. The highest BCUT2D eigenvalue weighted by atomic mass is 19.4. The first-order valence-electron chi connectivity index (χ1n) is 9.99. The molecular weight excluding hydrogens is 405 g/mol. The number of carbonyl (C=O) groups is 2. The van der Waals surface area contributed by atoms with Crippen molar-refractivity contribution in [1.29, 1.82) is 0 Å². The molecule has 3 rings (SSSR count). The summed E-state index contributed by atoms with van der Waals surface area (Å²) < 4.78 is 39.3. The Labute approximate surface area is 178 Å². The number of rotatable bonds is 7. The molecule has 0 spiro atoms. The van der Waals surface area contributed by atoms with Crippen LogP contribution in [-0.2, 0) is 22.2 Å². The molecule has 0 saturated carbocycles. The summed E-state index contributed by atoms with van der Waals surface area (Å²) >= 11 is 0. The quantitative estimate of drug-likeness (QED) is 0.557. The van der Waals surface area contributed by atoms with Gasteiger partial charge in [-0.3, -0.25) is 9.59 Å². The molecule has 0 aliphatic carbocycles. The third kappa shape index (κ3) is 5.84. The van der Waals surface area contributed by atoms with Gasteiger partial charge < -0.3 is 10.2 Å². The molecule has 0 atom stereocenters. The van der Waals surface area contributed by atoms with E-state index in [1.54, 1.807) is 6.92 Å². The fourth-order valence-electron chi connectivity index (χ4n) is 3.38. The van der Waals surface area contributed by atoms with E-state index in [4.69, 9.17) is 0 Å². The van der Waals surface area contributed by atoms with Crippen LogP contribution >= 0.6 is 0 Å². The molecule has 0 aromatic heterocycles. The number of anilines is 1. The van der Waals surface area contributed by atoms with Crippen molar-refractivity contribution in [2.45, 2.75) is 25.9 Å². The Bertz CT molecular complexity index is 1080. The van der Waals surface area contributed by atoms with Crippen molar-refractivity contribution in [2.75, 3.05) is 18.4 Å². The van der Waals surface area contributed by atoms with Gasteiger partial charge in [-0.25, -0.2) is 0 Å². The molecule has 0 bridgehead atoms. The van der Waals surface area contributed by atoms with Crippen LogP contribution in [0.25, 0.3) is 10.8 Å². The summed E-state index contributed by atoms with van der Waals surface area (Å²) in [6.07, 6.45) is -3.86. The zero-order chi connectivity index (χ0) is 22.4. The number of amides is 2. The number of hydrogen-bond donors (Lipinski definition) is 1. The van der Waals surface area contributed by atoms with Crippen molar-refractivity contribution in [3.63, 3.8) is 0 Å². The summed E-state index contributed by atoms with van der Waals surface area (Å²) in [6.45, 7) is 1.70. The molecular formula is C24H23F3N2O2. The van der Waals surface area contributed by atoms with E-state index in [2.05, 4.69) is 5.32 Å². The van der Waals surface area contributed by atoms with Crippen molar-refractivity contribution >= 4 is 28.3 Å². The number of nitrogens with one attached hydrogen (secondary N) is 1. The Morgan fingerprint density at radius 3 is 2.32 bits per heavy atom. The molecule has 2 amide bonds. The van der Waals surface area contributed by atoms with Crippen LogP contribution in [0.5, 0.6) is 0 Å². The van der Waals surface area contributed by atoms with Crippen LogP contribution in [0, 0.1) is 0 Å². The lowest BCUT2D eigenvalue weighted by Crippen LogP contribution is -2.38. The molecule has 31 heavy (non-hydrogen) atoms. The number of para-hydroxylation sites is 1. The molecule has 1 N–H and O–H groups in total. The first kappa shape index (κ1) is 22.3. The predicted octanol–water partition coefficient (Wildman–Crippen LogP) is 5.28. The van der Waals surface area contributed by atoms with Crippen LogP contribution in [0.1, 0.15) is 24.5 Å². The Hall–Kier alpha value is -3.35. The summed E-state index contributed by atoms with van der Waals surface area (Å²) in [5.74, 6) is -0.896. The second kappa shape index (κ2) is 9.64. The van der Waals surface area contributed by atoms with Gasteiger partial charge in [0, 0.05) is 13.0 Å². The normalized spacial score (nSPS) is 11.4. The highest BCUT2D eigenvalue weighted by Crippen LogP contribution is 2.34. The van der Waals surface area contributed by atoms with Gasteiger partial charge in [0.15, 0.2) is 0 Å². The molecule has 0 heterocycles. The fourth-order valence-corrected chi connectivity index (χ4v) is 3.38. The summed E-state index contributed by atoms with van der Waals surface area (Å²) in [5.41, 5.74) is -0.236. The summed E-state index contributed by atoms with van der Waals surface area (Å²) in [7, 11) is 0. The van der Waals surface area contributed by atoms with Gasteiger partial charge in [0.2, 0.25) is 11.8 Å². The molecule has 162 valence electrons. The van der Waals surface area contributed by atoms with Crippen molar-refractivity contribution < 1.29 is 22.8 Å². The average Bonchev–Trinajstić information content (AvgIpc) is 2.75. The minimum Gasteiger partial charge on any atom is -0.334 e. The molecule has 7 heteroatoms. The number of likely N-dealkylation sites (N-methyl/N-ethyl adjacent to an activating group) is 1. The maximum atomic E-state index is 13.1. The van der Waals surface area contributed by atoms with E-state index in [9.17, 15) is 22.8 Å². The number of aryl methyl sites for hydroxylation is 1. The Morgan fingerprint density at radius 1 is 0.935 bits per heavy atom. The highest BCUT2D eigenvalue weighted by molar-refractivity contribution is 5.95. The Morgan fingerprint density at radius 2 is 1.61 bits per heavy atom. The monoisotopic (exact) mass is 428 g/mol. The van der Waals surface area contributed by atoms with Gasteiger partial charge in [0.1, 0.15) is 0 Å². The summed E-state index contributed by atoms with van der Waals surface area (Å²) in [5, 5.41) is 4.48. The number of benzene rings is 3. The third-order valence-corrected chi connectivity index (χ3v) is 5.02. The average molecular weight is 428 g/mol. The van der Waals surface area contributed by atoms with E-state index < -0.39 is 17.6 Å². The zero-order valence-corrected chi connectivity index (χ0v) is 17.1. The molecule has 0 radical (unpaired) electrons. The number of nitrogens with zero attached hydrogens (tertiary/aromatic N) is 1. The maximum Gasteiger partial charge on any atom is 0.418 e. The van der Waals surface area contributed by atoms with Crippen molar-refractivity contribution in [2.24, 2.45) is 0 Å². The molecule has 4 nitrogen and oxygen atoms in total. The standard InChI is InChI=1S/C24H23F3N2O2/c1-2-29(16-22(30)28-21-10-6-5-9-20(21)24(25,26)27)23(31)14-12-17-11-13-18-7-3-4-8-19(18)15-17/h3-11,13,15H,2,12,14,16H2,1H3,(H,28,30). The maximum absolute atomic E-state index is 13.1. The van der Waals surface area contributed by atoms with E-state index in [1.807, 2.05) is 42.5 Å². The smallest absolute Gasteiger partial charge is 0.334 e. The lowest BCUT2D eigenvalue weighted by Gasteiger charge is -2.21. The van der Waals surface area contributed by atoms with Gasteiger partial charge in [-0.15, -0.1) is 0 Å². The Balaban J connectivity index is 1.60.